The van der Waals surface area contributed by atoms with E-state index in [1.54, 1.807) is 6.07 Å². The number of hydrogen-bond donors (Lipinski definition) is 5. The van der Waals surface area contributed by atoms with E-state index < -0.39 is 27.7 Å². The molecule has 0 saturated heterocycles. The lowest BCUT2D eigenvalue weighted by Gasteiger charge is -2.15. The average molecular weight is 628 g/mol. The number of hydrogen-bond acceptors (Lipinski definition) is 10. The minimum atomic E-state index is -3.65. The number of aromatic amines is 1. The van der Waals surface area contributed by atoms with E-state index in [4.69, 9.17) is 20.3 Å². The molecule has 44 heavy (non-hydrogen) atoms. The topological polar surface area (TPSA) is 212 Å². The van der Waals surface area contributed by atoms with Crippen molar-refractivity contribution in [2.45, 2.75) is 32.8 Å². The van der Waals surface area contributed by atoms with Gasteiger partial charge in [-0.1, -0.05) is 18.2 Å². The summed E-state index contributed by atoms with van der Waals surface area (Å²) in [6.45, 7) is 1.77. The van der Waals surface area contributed by atoms with Gasteiger partial charge in [0.25, 0.3) is 5.91 Å². The summed E-state index contributed by atoms with van der Waals surface area (Å²) in [6.07, 6.45) is 3.78. The molecular formula is C28H30FN7O7S. The number of nitrogens with two attached hydrogens (primary N) is 1. The van der Waals surface area contributed by atoms with Crippen LogP contribution < -0.4 is 25.2 Å². The number of unbranched alkanes of at least 4 members (excludes halogenated alkanes) is 1. The molecule has 6 N–H and O–H groups in total. The van der Waals surface area contributed by atoms with Gasteiger partial charge >= 0.3 is 5.97 Å². The Morgan fingerprint density at radius 1 is 1.07 bits per heavy atom. The number of ether oxygens (including phenoxy) is 2. The average Bonchev–Trinajstić information content (AvgIpc) is 3.41. The fourth-order valence-corrected chi connectivity index (χ4v) is 4.52. The minimum absolute atomic E-state index is 0.00284. The number of nitrogens with zero attached hydrogens (tertiary/aromatic N) is 3. The molecule has 0 bridgehead atoms. The number of carbonyl (C=O) groups is 2. The molecule has 0 aliphatic rings. The number of aromatic nitrogens is 4. The van der Waals surface area contributed by atoms with E-state index in [0.29, 0.717) is 24.0 Å². The molecule has 4 aromatic rings. The normalized spacial score (nSPS) is 11.1. The Morgan fingerprint density at radius 3 is 2.50 bits per heavy atom. The number of sulfonamides is 1. The number of amides is 1. The lowest BCUT2D eigenvalue weighted by Crippen LogP contribution is -2.15. The third-order valence-corrected chi connectivity index (χ3v) is 7.44. The van der Waals surface area contributed by atoms with Crippen LogP contribution in [-0.4, -0.2) is 57.9 Å². The molecule has 4 rings (SSSR count). The third-order valence-electron chi connectivity index (χ3n) is 6.15. The number of carboxylic acid groups (broad SMARTS) is 1. The number of carbonyl (C=O) groups excluding carboxylic acids is 1. The van der Waals surface area contributed by atoms with E-state index in [-0.39, 0.29) is 65.6 Å². The molecule has 2 heterocycles. The van der Waals surface area contributed by atoms with Crippen molar-refractivity contribution in [1.82, 2.24) is 20.2 Å². The van der Waals surface area contributed by atoms with Crippen LogP contribution in [-0.2, 0) is 21.4 Å². The molecule has 0 unspecified atom stereocenters. The summed E-state index contributed by atoms with van der Waals surface area (Å²) in [5.41, 5.74) is 7.14. The van der Waals surface area contributed by atoms with Crippen molar-refractivity contribution >= 4 is 39.2 Å². The quantitative estimate of drug-likeness (QED) is 0.113. The van der Waals surface area contributed by atoms with Crippen LogP contribution in [0.3, 0.4) is 0 Å². The van der Waals surface area contributed by atoms with Gasteiger partial charge in [0.15, 0.2) is 5.82 Å². The van der Waals surface area contributed by atoms with E-state index in [2.05, 4.69) is 30.2 Å². The maximum absolute atomic E-state index is 13.3. The van der Waals surface area contributed by atoms with Crippen LogP contribution in [0.5, 0.6) is 11.6 Å². The summed E-state index contributed by atoms with van der Waals surface area (Å²) in [6, 6.07) is 10.2. The summed E-state index contributed by atoms with van der Waals surface area (Å²) in [5.74, 6) is -1.58. The van der Waals surface area contributed by atoms with Crippen LogP contribution in [0.1, 0.15) is 42.1 Å². The van der Waals surface area contributed by atoms with Crippen molar-refractivity contribution in [2.24, 2.45) is 5.73 Å². The maximum atomic E-state index is 13.3. The first-order chi connectivity index (χ1) is 21.0. The predicted molar refractivity (Wildman–Crippen MR) is 159 cm³/mol. The van der Waals surface area contributed by atoms with Crippen molar-refractivity contribution in [3.8, 4) is 22.9 Å². The number of aliphatic carboxylic acids is 1. The molecule has 16 heteroatoms. The fraction of sp³-hybridized carbons (Fsp3) is 0.250. The first-order valence-electron chi connectivity index (χ1n) is 13.4. The van der Waals surface area contributed by atoms with Crippen molar-refractivity contribution in [3.05, 3.63) is 71.8 Å². The van der Waals surface area contributed by atoms with Gasteiger partial charge < -0.3 is 25.6 Å². The molecule has 2 aromatic carbocycles. The standard InChI is InChI=1S/C28H30FN7O7S/c1-2-44(40,41)36-20-11-8-18(13-21(20)43-16-17-6-9-19(29)10-7-17)26-25(27(30)39)28(35-34-26)33-22-14-32-23(15-31-22)42-12-4-3-5-24(37)38/h6-11,13-15,36H,2-5,12,16H2,1H3,(H2,30,39)(H,37,38)(H2,31,33,34,35). The van der Waals surface area contributed by atoms with Gasteiger partial charge in [0.2, 0.25) is 15.9 Å². The summed E-state index contributed by atoms with van der Waals surface area (Å²) in [5, 5.41) is 18.5. The van der Waals surface area contributed by atoms with Crippen molar-refractivity contribution < 1.29 is 37.0 Å². The SMILES string of the molecule is CCS(=O)(=O)Nc1ccc(-c2[nH]nc(Nc3cnc(OCCCCC(=O)O)cn3)c2C(N)=O)cc1OCc1ccc(F)cc1. The third kappa shape index (κ3) is 8.64. The van der Waals surface area contributed by atoms with Gasteiger partial charge in [0.1, 0.15) is 29.6 Å². The van der Waals surface area contributed by atoms with Gasteiger partial charge in [0, 0.05) is 12.0 Å². The number of carboxylic acids is 1. The Bertz CT molecular complexity index is 1710. The number of primary amides is 1. The Labute approximate surface area is 251 Å². The van der Waals surface area contributed by atoms with Crippen LogP contribution in [0.2, 0.25) is 0 Å². The largest absolute Gasteiger partial charge is 0.487 e. The van der Waals surface area contributed by atoms with Crippen molar-refractivity contribution in [3.63, 3.8) is 0 Å². The first kappa shape index (κ1) is 31.7. The second kappa shape index (κ2) is 14.3. The Morgan fingerprint density at radius 2 is 1.84 bits per heavy atom. The number of halogens is 1. The summed E-state index contributed by atoms with van der Waals surface area (Å²) in [4.78, 5) is 31.5. The highest BCUT2D eigenvalue weighted by atomic mass is 32.2. The molecule has 0 saturated carbocycles. The van der Waals surface area contributed by atoms with Crippen LogP contribution in [0.15, 0.2) is 54.9 Å². The van der Waals surface area contributed by atoms with E-state index in [9.17, 15) is 22.4 Å². The number of anilines is 3. The summed E-state index contributed by atoms with van der Waals surface area (Å²) in [7, 11) is -3.65. The lowest BCUT2D eigenvalue weighted by molar-refractivity contribution is -0.137. The van der Waals surface area contributed by atoms with Crippen molar-refractivity contribution in [1.29, 1.82) is 0 Å². The van der Waals surface area contributed by atoms with Gasteiger partial charge in [-0.15, -0.1) is 0 Å². The molecule has 1 amide bonds. The maximum Gasteiger partial charge on any atom is 0.303 e. The van der Waals surface area contributed by atoms with Gasteiger partial charge in [-0.05, 0) is 49.6 Å². The van der Waals surface area contributed by atoms with Gasteiger partial charge in [-0.25, -0.2) is 22.8 Å². The second-order valence-corrected chi connectivity index (χ2v) is 11.4. The molecule has 2 aromatic heterocycles. The van der Waals surface area contributed by atoms with Crippen molar-refractivity contribution in [2.75, 3.05) is 22.4 Å². The molecule has 0 radical (unpaired) electrons. The smallest absolute Gasteiger partial charge is 0.303 e. The lowest BCUT2D eigenvalue weighted by atomic mass is 10.1. The fourth-order valence-electron chi connectivity index (χ4n) is 3.88. The predicted octanol–water partition coefficient (Wildman–Crippen LogP) is 3.82. The Balaban J connectivity index is 1.55. The Hall–Kier alpha value is -5.25. The zero-order valence-electron chi connectivity index (χ0n) is 23.5. The zero-order valence-corrected chi connectivity index (χ0v) is 24.4. The molecule has 14 nitrogen and oxygen atoms in total. The number of nitrogens with one attached hydrogen (secondary N) is 3. The van der Waals surface area contributed by atoms with Gasteiger partial charge in [0.05, 0.1) is 36.1 Å². The van der Waals surface area contributed by atoms with Crippen LogP contribution in [0.4, 0.5) is 21.7 Å². The van der Waals surface area contributed by atoms with E-state index in [1.165, 1.54) is 55.7 Å². The monoisotopic (exact) mass is 627 g/mol. The van der Waals surface area contributed by atoms with Gasteiger partial charge in [-0.2, -0.15) is 5.10 Å². The Kier molecular flexibility index (Phi) is 10.3. The molecule has 0 spiro atoms. The molecule has 0 fully saturated rings. The van der Waals surface area contributed by atoms with Crippen LogP contribution >= 0.6 is 0 Å². The van der Waals surface area contributed by atoms with Gasteiger partial charge in [-0.3, -0.25) is 19.4 Å². The van der Waals surface area contributed by atoms with E-state index in [0.717, 1.165) is 0 Å². The first-order valence-corrected chi connectivity index (χ1v) is 15.0. The van der Waals surface area contributed by atoms with Crippen LogP contribution in [0.25, 0.3) is 11.3 Å². The number of H-pyrrole nitrogens is 1. The molecule has 0 aliphatic carbocycles. The summed E-state index contributed by atoms with van der Waals surface area (Å²) < 4.78 is 51.8. The highest BCUT2D eigenvalue weighted by Gasteiger charge is 2.22. The second-order valence-electron chi connectivity index (χ2n) is 9.38. The molecule has 232 valence electrons. The molecule has 0 aliphatic heterocycles. The minimum Gasteiger partial charge on any atom is -0.487 e. The highest BCUT2D eigenvalue weighted by molar-refractivity contribution is 7.92. The van der Waals surface area contributed by atoms with E-state index in [1.807, 2.05) is 0 Å². The summed E-state index contributed by atoms with van der Waals surface area (Å²) >= 11 is 0. The molecule has 0 atom stereocenters. The zero-order chi connectivity index (χ0) is 31.7. The number of benzene rings is 2. The number of rotatable bonds is 16. The highest BCUT2D eigenvalue weighted by Crippen LogP contribution is 2.35. The van der Waals surface area contributed by atoms with Crippen LogP contribution in [0, 0.1) is 5.82 Å². The molecular weight excluding hydrogens is 597 g/mol. The van der Waals surface area contributed by atoms with E-state index >= 15 is 0 Å².